The zero-order valence-corrected chi connectivity index (χ0v) is 14.7. The van der Waals surface area contributed by atoms with Gasteiger partial charge < -0.3 is 25.0 Å². The number of likely N-dealkylation sites (N-methyl/N-ethyl adjacent to an activating group) is 1. The lowest BCUT2D eigenvalue weighted by molar-refractivity contribution is -0.386. The second-order valence-corrected chi connectivity index (χ2v) is 5.37. The quantitative estimate of drug-likeness (QED) is 0.173. The average Bonchev–Trinajstić information content (AvgIpc) is 2.69. The number of aromatic nitrogens is 1. The molecule has 0 saturated heterocycles. The fourth-order valence-electron chi connectivity index (χ4n) is 2.30. The van der Waals surface area contributed by atoms with Gasteiger partial charge in [-0.1, -0.05) is 0 Å². The van der Waals surface area contributed by atoms with E-state index >= 15 is 0 Å². The Morgan fingerprint density at radius 2 is 2.07 bits per heavy atom. The lowest BCUT2D eigenvalue weighted by Crippen LogP contribution is -2.28. The minimum absolute atomic E-state index is 0.204. The fourth-order valence-corrected chi connectivity index (χ4v) is 2.30. The lowest BCUT2D eigenvalue weighted by atomic mass is 10.1. The first-order valence-corrected chi connectivity index (χ1v) is 7.53. The highest BCUT2D eigenvalue weighted by atomic mass is 16.6. The van der Waals surface area contributed by atoms with Crippen LogP contribution in [0.4, 0.5) is 11.4 Å². The first-order chi connectivity index (χ1) is 13.2. The molecule has 0 radical (unpaired) electrons. The van der Waals surface area contributed by atoms with Crippen LogP contribution in [0.2, 0.25) is 0 Å². The third-order valence-corrected chi connectivity index (χ3v) is 3.75. The lowest BCUT2D eigenvalue weighted by Gasteiger charge is -2.19. The third kappa shape index (κ3) is 3.61. The molecule has 0 unspecified atom stereocenters. The predicted octanol–water partition coefficient (Wildman–Crippen LogP) is 1.87. The number of carbonyl (C=O) groups excluding carboxylic acids is 1. The zero-order valence-electron chi connectivity index (χ0n) is 14.7. The molecule has 0 fully saturated rings. The normalized spacial score (nSPS) is 11.2. The highest BCUT2D eigenvalue weighted by Crippen LogP contribution is 2.38. The van der Waals surface area contributed by atoms with Gasteiger partial charge in [-0.15, -0.1) is 0 Å². The number of anilines is 1. The second kappa shape index (κ2) is 7.92. The van der Waals surface area contributed by atoms with Crippen molar-refractivity contribution in [3.8, 4) is 23.3 Å². The molecule has 2 rings (SSSR count). The number of phenols is 2. The number of phenolic OH excluding ortho intramolecular Hbond substituents is 2. The van der Waals surface area contributed by atoms with E-state index in [1.165, 1.54) is 38.7 Å². The topological polar surface area (TPSA) is 170 Å². The van der Waals surface area contributed by atoms with Gasteiger partial charge in [0, 0.05) is 30.9 Å². The number of hydrogen-bond donors (Lipinski definition) is 3. The predicted molar refractivity (Wildman–Crippen MR) is 95.8 cm³/mol. The standard InChI is InChI=1S/C17H14N4O7/c1-20(12-8-19-4-3-14(12)28-2)17(25)10(7-18)15(23)9-5-11(21(26)27)16(24)13(22)6-9/h3-6,8,22-24H,1-2H3/b15-10-. The van der Waals surface area contributed by atoms with Gasteiger partial charge in [0.2, 0.25) is 5.75 Å². The minimum atomic E-state index is -1.01. The number of nitrogens with zero attached hydrogens (tertiary/aromatic N) is 4. The van der Waals surface area contributed by atoms with Crippen LogP contribution in [0.1, 0.15) is 5.56 Å². The number of aliphatic hydroxyl groups is 1. The Morgan fingerprint density at radius 1 is 1.39 bits per heavy atom. The van der Waals surface area contributed by atoms with Gasteiger partial charge in [0.15, 0.2) is 11.3 Å². The van der Waals surface area contributed by atoms with Gasteiger partial charge in [0.25, 0.3) is 5.91 Å². The van der Waals surface area contributed by atoms with E-state index in [1.807, 2.05) is 0 Å². The van der Waals surface area contributed by atoms with E-state index in [4.69, 9.17) is 4.74 Å². The summed E-state index contributed by atoms with van der Waals surface area (Å²) in [5.74, 6) is -3.51. The number of nitriles is 1. The minimum Gasteiger partial charge on any atom is -0.506 e. The Morgan fingerprint density at radius 3 is 2.64 bits per heavy atom. The molecule has 11 nitrogen and oxygen atoms in total. The Hall–Kier alpha value is -4.33. The number of ether oxygens (including phenoxy) is 1. The Balaban J connectivity index is 2.57. The Labute approximate surface area is 158 Å². The number of hydrogen-bond acceptors (Lipinski definition) is 9. The summed E-state index contributed by atoms with van der Waals surface area (Å²) in [5, 5.41) is 49.8. The largest absolute Gasteiger partial charge is 0.506 e. The monoisotopic (exact) mass is 386 g/mol. The van der Waals surface area contributed by atoms with E-state index in [9.17, 15) is 35.5 Å². The molecule has 1 amide bonds. The maximum atomic E-state index is 12.7. The van der Waals surface area contributed by atoms with E-state index in [0.29, 0.717) is 0 Å². The number of benzene rings is 1. The number of aromatic hydroxyl groups is 2. The van der Waals surface area contributed by atoms with Crippen LogP contribution in [0, 0.1) is 21.4 Å². The van der Waals surface area contributed by atoms with E-state index in [0.717, 1.165) is 17.0 Å². The number of methoxy groups -OCH3 is 1. The molecule has 28 heavy (non-hydrogen) atoms. The van der Waals surface area contributed by atoms with Crippen molar-refractivity contribution in [2.75, 3.05) is 19.1 Å². The molecule has 0 saturated carbocycles. The Bertz CT molecular complexity index is 1030. The van der Waals surface area contributed by atoms with E-state index in [2.05, 4.69) is 4.98 Å². The van der Waals surface area contributed by atoms with Crippen molar-refractivity contribution in [2.45, 2.75) is 0 Å². The molecule has 0 spiro atoms. The van der Waals surface area contributed by atoms with Gasteiger partial charge in [-0.3, -0.25) is 19.9 Å². The van der Waals surface area contributed by atoms with Crippen LogP contribution in [-0.4, -0.2) is 45.3 Å². The molecule has 0 aliphatic heterocycles. The molecule has 0 atom stereocenters. The summed E-state index contributed by atoms with van der Waals surface area (Å²) in [6, 6.07) is 4.52. The third-order valence-electron chi connectivity index (χ3n) is 3.75. The van der Waals surface area contributed by atoms with Gasteiger partial charge >= 0.3 is 5.69 Å². The summed E-state index contributed by atoms with van der Waals surface area (Å²) in [4.78, 5) is 27.5. The van der Waals surface area contributed by atoms with Crippen molar-refractivity contribution in [3.63, 3.8) is 0 Å². The second-order valence-electron chi connectivity index (χ2n) is 5.37. The number of pyridine rings is 1. The number of nitro benzene ring substituents is 1. The van der Waals surface area contributed by atoms with Crippen LogP contribution in [0.5, 0.6) is 17.2 Å². The van der Waals surface area contributed by atoms with Gasteiger partial charge in [-0.05, 0) is 6.07 Å². The molecule has 1 aromatic carbocycles. The zero-order chi connectivity index (χ0) is 21.0. The highest BCUT2D eigenvalue weighted by Gasteiger charge is 2.26. The summed E-state index contributed by atoms with van der Waals surface area (Å²) in [6.07, 6.45) is 2.73. The molecular weight excluding hydrogens is 372 g/mol. The number of aliphatic hydroxyl groups excluding tert-OH is 1. The molecule has 11 heteroatoms. The van der Waals surface area contributed by atoms with Crippen molar-refractivity contribution in [1.82, 2.24) is 4.98 Å². The first-order valence-electron chi connectivity index (χ1n) is 7.53. The molecule has 0 bridgehead atoms. The fraction of sp³-hybridized carbons (Fsp3) is 0.118. The maximum absolute atomic E-state index is 12.7. The summed E-state index contributed by atoms with van der Waals surface area (Å²) < 4.78 is 5.11. The van der Waals surface area contributed by atoms with Gasteiger partial charge in [-0.25, -0.2) is 0 Å². The van der Waals surface area contributed by atoms with Gasteiger partial charge in [0.1, 0.15) is 23.3 Å². The SMILES string of the molecule is COc1ccncc1N(C)C(=O)/C(C#N)=C(\O)c1cc(O)c(O)c([N+](=O)[O-])c1. The number of amides is 1. The highest BCUT2D eigenvalue weighted by molar-refractivity contribution is 6.12. The molecule has 0 aliphatic rings. The van der Waals surface area contributed by atoms with Crippen LogP contribution in [-0.2, 0) is 4.79 Å². The van der Waals surface area contributed by atoms with Crippen LogP contribution >= 0.6 is 0 Å². The summed E-state index contributed by atoms with van der Waals surface area (Å²) in [7, 11) is 2.68. The summed E-state index contributed by atoms with van der Waals surface area (Å²) in [6.45, 7) is 0. The van der Waals surface area contributed by atoms with Crippen molar-refractivity contribution < 1.29 is 29.8 Å². The number of rotatable bonds is 5. The van der Waals surface area contributed by atoms with Crippen LogP contribution in [0.15, 0.2) is 36.2 Å². The van der Waals surface area contributed by atoms with Crippen molar-refractivity contribution >= 4 is 23.0 Å². The summed E-state index contributed by atoms with van der Waals surface area (Å²) in [5.41, 5.74) is -1.87. The molecule has 2 aromatic rings. The smallest absolute Gasteiger partial charge is 0.315 e. The van der Waals surface area contributed by atoms with E-state index in [-0.39, 0.29) is 11.4 Å². The van der Waals surface area contributed by atoms with Crippen LogP contribution in [0.25, 0.3) is 5.76 Å². The van der Waals surface area contributed by atoms with Crippen LogP contribution < -0.4 is 9.64 Å². The van der Waals surface area contributed by atoms with Crippen LogP contribution in [0.3, 0.4) is 0 Å². The van der Waals surface area contributed by atoms with E-state index in [1.54, 1.807) is 0 Å². The Kier molecular flexibility index (Phi) is 5.65. The summed E-state index contributed by atoms with van der Waals surface area (Å²) >= 11 is 0. The van der Waals surface area contributed by atoms with Gasteiger partial charge in [0.05, 0.1) is 18.2 Å². The molecule has 0 aliphatic carbocycles. The van der Waals surface area contributed by atoms with Crippen molar-refractivity contribution in [1.29, 1.82) is 5.26 Å². The van der Waals surface area contributed by atoms with Crippen molar-refractivity contribution in [2.24, 2.45) is 0 Å². The average molecular weight is 386 g/mol. The molecule has 1 aromatic heterocycles. The number of carbonyl (C=O) groups is 1. The number of nitro groups is 1. The maximum Gasteiger partial charge on any atom is 0.315 e. The molecule has 144 valence electrons. The molecular formula is C17H14N4O7. The first kappa shape index (κ1) is 20.0. The van der Waals surface area contributed by atoms with Crippen molar-refractivity contribution in [3.05, 3.63) is 51.8 Å². The van der Waals surface area contributed by atoms with Gasteiger partial charge in [-0.2, -0.15) is 5.26 Å². The molecule has 3 N–H and O–H groups in total. The van der Waals surface area contributed by atoms with E-state index < -0.39 is 44.9 Å². The molecule has 1 heterocycles.